The molecule has 1 heterocycles. The fourth-order valence-electron chi connectivity index (χ4n) is 3.04. The van der Waals surface area contributed by atoms with E-state index in [0.717, 1.165) is 27.5 Å². The van der Waals surface area contributed by atoms with Gasteiger partial charge in [-0.2, -0.15) is 5.10 Å². The van der Waals surface area contributed by atoms with Crippen molar-refractivity contribution in [2.45, 2.75) is 0 Å². The average molecular weight is 374 g/mol. The molecule has 0 saturated carbocycles. The summed E-state index contributed by atoms with van der Waals surface area (Å²) in [5.74, 6) is 1.14. The number of fused-ring (bicyclic) bond motifs is 2. The van der Waals surface area contributed by atoms with Crippen molar-refractivity contribution in [2.75, 3.05) is 14.2 Å². The zero-order valence-electron chi connectivity index (χ0n) is 15.4. The maximum absolute atomic E-state index is 12.4. The highest BCUT2D eigenvalue weighted by molar-refractivity contribution is 6.03. The number of ether oxygens (including phenoxy) is 2. The summed E-state index contributed by atoms with van der Waals surface area (Å²) in [5, 5.41) is 6.87. The fourth-order valence-corrected chi connectivity index (χ4v) is 3.04. The Morgan fingerprint density at radius 3 is 2.61 bits per heavy atom. The molecule has 0 radical (unpaired) electrons. The van der Waals surface area contributed by atoms with Crippen LogP contribution in [0.1, 0.15) is 16.1 Å². The Morgan fingerprint density at radius 2 is 1.82 bits per heavy atom. The van der Waals surface area contributed by atoms with Crippen LogP contribution in [0.5, 0.6) is 11.5 Å². The SMILES string of the molecule is COc1ccc2ccc(OC)c(/C=N/NC(=O)c3cc4ccccc4o3)c2c1. The number of nitrogens with one attached hydrogen (secondary N) is 1. The number of rotatable bonds is 5. The molecule has 1 amide bonds. The Labute approximate surface area is 161 Å². The van der Waals surface area contributed by atoms with Crippen LogP contribution in [0.2, 0.25) is 0 Å². The third kappa shape index (κ3) is 3.27. The Kier molecular flexibility index (Phi) is 4.68. The van der Waals surface area contributed by atoms with E-state index in [1.165, 1.54) is 0 Å². The van der Waals surface area contributed by atoms with Crippen molar-refractivity contribution in [2.24, 2.45) is 5.10 Å². The van der Waals surface area contributed by atoms with Gasteiger partial charge in [-0.1, -0.05) is 30.3 Å². The molecule has 0 saturated heterocycles. The van der Waals surface area contributed by atoms with Gasteiger partial charge in [0.1, 0.15) is 17.1 Å². The van der Waals surface area contributed by atoms with E-state index < -0.39 is 5.91 Å². The lowest BCUT2D eigenvalue weighted by Gasteiger charge is -2.10. The van der Waals surface area contributed by atoms with Crippen molar-refractivity contribution in [1.82, 2.24) is 5.43 Å². The van der Waals surface area contributed by atoms with Crippen molar-refractivity contribution < 1.29 is 18.7 Å². The number of carbonyl (C=O) groups excluding carboxylic acids is 1. The van der Waals surface area contributed by atoms with Crippen LogP contribution in [0.15, 0.2) is 70.2 Å². The van der Waals surface area contributed by atoms with E-state index >= 15 is 0 Å². The van der Waals surface area contributed by atoms with Crippen molar-refractivity contribution in [3.8, 4) is 11.5 Å². The van der Waals surface area contributed by atoms with Gasteiger partial charge in [-0.05, 0) is 41.1 Å². The van der Waals surface area contributed by atoms with Gasteiger partial charge in [0.25, 0.3) is 0 Å². The average Bonchev–Trinajstić information content (AvgIpc) is 3.17. The molecule has 4 aromatic rings. The zero-order chi connectivity index (χ0) is 19.5. The Balaban J connectivity index is 1.63. The molecule has 0 aliphatic carbocycles. The summed E-state index contributed by atoms with van der Waals surface area (Å²) < 4.78 is 16.3. The molecule has 0 fully saturated rings. The number of carbonyl (C=O) groups is 1. The van der Waals surface area contributed by atoms with E-state index in [1.54, 1.807) is 26.5 Å². The van der Waals surface area contributed by atoms with Gasteiger partial charge in [-0.15, -0.1) is 0 Å². The number of benzene rings is 3. The molecule has 28 heavy (non-hydrogen) atoms. The second-order valence-corrected chi connectivity index (χ2v) is 6.12. The molecule has 3 aromatic carbocycles. The van der Waals surface area contributed by atoms with Gasteiger partial charge in [0.2, 0.25) is 0 Å². The Hall–Kier alpha value is -3.80. The maximum atomic E-state index is 12.4. The zero-order valence-corrected chi connectivity index (χ0v) is 15.4. The predicted molar refractivity (Wildman–Crippen MR) is 108 cm³/mol. The number of nitrogens with zero attached hydrogens (tertiary/aromatic N) is 1. The summed E-state index contributed by atoms with van der Waals surface area (Å²) in [6.07, 6.45) is 1.56. The lowest BCUT2D eigenvalue weighted by molar-refractivity contribution is 0.0929. The second kappa shape index (κ2) is 7.44. The smallest absolute Gasteiger partial charge is 0.307 e. The van der Waals surface area contributed by atoms with Crippen LogP contribution in [0, 0.1) is 0 Å². The van der Waals surface area contributed by atoms with Gasteiger partial charge < -0.3 is 13.9 Å². The quantitative estimate of drug-likeness (QED) is 0.416. The minimum Gasteiger partial charge on any atom is -0.497 e. The summed E-state index contributed by atoms with van der Waals surface area (Å²) in [6.45, 7) is 0. The number of hydrazone groups is 1. The third-order valence-corrected chi connectivity index (χ3v) is 4.46. The van der Waals surface area contributed by atoms with Crippen LogP contribution in [-0.4, -0.2) is 26.3 Å². The normalized spacial score (nSPS) is 11.2. The lowest BCUT2D eigenvalue weighted by atomic mass is 10.0. The van der Waals surface area contributed by atoms with E-state index in [9.17, 15) is 4.79 Å². The second-order valence-electron chi connectivity index (χ2n) is 6.12. The van der Waals surface area contributed by atoms with Gasteiger partial charge in [0.05, 0.1) is 20.4 Å². The standard InChI is InChI=1S/C22H18N2O4/c1-26-16-9-7-14-8-10-20(27-2)18(17(14)12-16)13-23-24-22(25)21-11-15-5-3-4-6-19(15)28-21/h3-13H,1-2H3,(H,24,25)/b23-13+. The minimum atomic E-state index is -0.427. The molecule has 0 aliphatic heterocycles. The van der Waals surface area contributed by atoms with Crippen molar-refractivity contribution in [1.29, 1.82) is 0 Å². The maximum Gasteiger partial charge on any atom is 0.307 e. The van der Waals surface area contributed by atoms with E-state index in [1.807, 2.05) is 54.6 Å². The summed E-state index contributed by atoms with van der Waals surface area (Å²) in [5.41, 5.74) is 3.89. The van der Waals surface area contributed by atoms with E-state index in [-0.39, 0.29) is 5.76 Å². The largest absolute Gasteiger partial charge is 0.497 e. The molecule has 0 atom stereocenters. The first-order chi connectivity index (χ1) is 13.7. The highest BCUT2D eigenvalue weighted by Crippen LogP contribution is 2.29. The molecular formula is C22H18N2O4. The summed E-state index contributed by atoms with van der Waals surface area (Å²) in [7, 11) is 3.20. The van der Waals surface area contributed by atoms with E-state index in [2.05, 4.69) is 10.5 Å². The molecule has 0 spiro atoms. The van der Waals surface area contributed by atoms with Crippen LogP contribution in [0.3, 0.4) is 0 Å². The molecule has 6 heteroatoms. The number of furan rings is 1. The third-order valence-electron chi connectivity index (χ3n) is 4.46. The van der Waals surface area contributed by atoms with Crippen LogP contribution in [0.4, 0.5) is 0 Å². The molecule has 1 aromatic heterocycles. The number of methoxy groups -OCH3 is 2. The monoisotopic (exact) mass is 374 g/mol. The topological polar surface area (TPSA) is 73.1 Å². The van der Waals surface area contributed by atoms with Crippen molar-refractivity contribution in [3.05, 3.63) is 72.0 Å². The molecule has 0 bridgehead atoms. The number of hydrogen-bond donors (Lipinski definition) is 1. The highest BCUT2D eigenvalue weighted by atomic mass is 16.5. The van der Waals surface area contributed by atoms with Crippen LogP contribution < -0.4 is 14.9 Å². The van der Waals surface area contributed by atoms with Gasteiger partial charge in [-0.25, -0.2) is 5.43 Å². The predicted octanol–water partition coefficient (Wildman–Crippen LogP) is 4.37. The summed E-state index contributed by atoms with van der Waals surface area (Å²) in [6, 6.07) is 18.7. The molecule has 0 unspecified atom stereocenters. The first kappa shape index (κ1) is 17.6. The fraction of sp³-hybridized carbons (Fsp3) is 0.0909. The van der Waals surface area contributed by atoms with E-state index in [0.29, 0.717) is 11.3 Å². The molecule has 6 nitrogen and oxygen atoms in total. The van der Waals surface area contributed by atoms with Gasteiger partial charge in [0.15, 0.2) is 5.76 Å². The van der Waals surface area contributed by atoms with Gasteiger partial charge in [-0.3, -0.25) is 4.79 Å². The Bertz CT molecular complexity index is 1160. The van der Waals surface area contributed by atoms with Crippen LogP contribution in [-0.2, 0) is 0 Å². The van der Waals surface area contributed by atoms with Crippen molar-refractivity contribution >= 4 is 33.9 Å². The summed E-state index contributed by atoms with van der Waals surface area (Å²) in [4.78, 5) is 12.4. The highest BCUT2D eigenvalue weighted by Gasteiger charge is 2.12. The first-order valence-electron chi connectivity index (χ1n) is 8.66. The molecule has 140 valence electrons. The molecule has 0 aliphatic rings. The molecule has 4 rings (SSSR count). The van der Waals surface area contributed by atoms with Crippen LogP contribution >= 0.6 is 0 Å². The molecule has 1 N–H and O–H groups in total. The Morgan fingerprint density at radius 1 is 1.00 bits per heavy atom. The minimum absolute atomic E-state index is 0.199. The molecular weight excluding hydrogens is 356 g/mol. The van der Waals surface area contributed by atoms with Crippen molar-refractivity contribution in [3.63, 3.8) is 0 Å². The van der Waals surface area contributed by atoms with Gasteiger partial charge >= 0.3 is 5.91 Å². The number of para-hydroxylation sites is 1. The number of amides is 1. The van der Waals surface area contributed by atoms with Gasteiger partial charge in [0, 0.05) is 10.9 Å². The van der Waals surface area contributed by atoms with Crippen LogP contribution in [0.25, 0.3) is 21.7 Å². The number of hydrogen-bond acceptors (Lipinski definition) is 5. The first-order valence-corrected chi connectivity index (χ1v) is 8.66. The van der Waals surface area contributed by atoms with E-state index in [4.69, 9.17) is 13.9 Å². The summed E-state index contributed by atoms with van der Waals surface area (Å²) >= 11 is 0. The lowest BCUT2D eigenvalue weighted by Crippen LogP contribution is -2.16.